The number of likely N-dealkylation sites (tertiary alicyclic amines) is 1. The van der Waals surface area contributed by atoms with E-state index in [0.717, 1.165) is 11.1 Å². The van der Waals surface area contributed by atoms with E-state index >= 15 is 0 Å². The first kappa shape index (κ1) is 25.0. The van der Waals surface area contributed by atoms with Crippen LogP contribution in [0.25, 0.3) is 10.8 Å². The van der Waals surface area contributed by atoms with Crippen molar-refractivity contribution in [3.63, 3.8) is 0 Å². The normalized spacial score (nSPS) is 18.4. The molecule has 2 atom stereocenters. The quantitative estimate of drug-likeness (QED) is 0.487. The lowest BCUT2D eigenvalue weighted by molar-refractivity contribution is 0.0846. The smallest absolute Gasteiger partial charge is 0.409 e. The number of carbonyl (C=O) groups is 1. The molecule has 3 aromatic carbocycles. The number of hydrogen-bond acceptors (Lipinski definition) is 5. The number of carbonyl (C=O) groups excluding carboxylic acids is 1. The van der Waals surface area contributed by atoms with Gasteiger partial charge in [0.05, 0.1) is 11.5 Å². The van der Waals surface area contributed by atoms with Gasteiger partial charge in [-0.1, -0.05) is 55.5 Å². The summed E-state index contributed by atoms with van der Waals surface area (Å²) < 4.78 is 34.9. The van der Waals surface area contributed by atoms with Crippen molar-refractivity contribution in [2.45, 2.75) is 44.7 Å². The van der Waals surface area contributed by atoms with Gasteiger partial charge in [-0.25, -0.2) is 17.9 Å². The Morgan fingerprint density at radius 3 is 2.49 bits per heavy atom. The Bertz CT molecular complexity index is 1310. The van der Waals surface area contributed by atoms with Crippen LogP contribution in [-0.2, 0) is 21.3 Å². The number of sulfonamides is 1. The summed E-state index contributed by atoms with van der Waals surface area (Å²) in [6.45, 7) is 7.69. The molecule has 7 nitrogen and oxygen atoms in total. The topological polar surface area (TPSA) is 87.7 Å². The van der Waals surface area contributed by atoms with E-state index in [1.165, 1.54) is 11.1 Å². The lowest BCUT2D eigenvalue weighted by atomic mass is 9.95. The molecule has 1 saturated heterocycles. The second-order valence-electron chi connectivity index (χ2n) is 9.08. The van der Waals surface area contributed by atoms with E-state index < -0.39 is 10.0 Å². The SMILES string of the molecule is CCOC(=O)N1CC[C@H](NS(=O)(=O)c2ccc(NCc3ccccc3C)c3ccccc23)[C@@H](C)C1. The monoisotopic (exact) mass is 495 g/mol. The van der Waals surface area contributed by atoms with E-state index in [4.69, 9.17) is 4.74 Å². The maximum atomic E-state index is 13.5. The molecule has 1 aliphatic rings. The highest BCUT2D eigenvalue weighted by Gasteiger charge is 2.33. The lowest BCUT2D eigenvalue weighted by Crippen LogP contribution is -2.51. The molecule has 0 aromatic heterocycles. The fourth-order valence-electron chi connectivity index (χ4n) is 4.62. The Labute approximate surface area is 207 Å². The number of amides is 1. The lowest BCUT2D eigenvalue weighted by Gasteiger charge is -2.36. The van der Waals surface area contributed by atoms with Gasteiger partial charge in [-0.15, -0.1) is 0 Å². The molecule has 0 radical (unpaired) electrons. The van der Waals surface area contributed by atoms with Crippen LogP contribution in [0.5, 0.6) is 0 Å². The highest BCUT2D eigenvalue weighted by Crippen LogP contribution is 2.31. The van der Waals surface area contributed by atoms with Crippen LogP contribution in [0.4, 0.5) is 10.5 Å². The first-order chi connectivity index (χ1) is 16.8. The third-order valence-electron chi connectivity index (χ3n) is 6.64. The minimum absolute atomic E-state index is 0.0377. The van der Waals surface area contributed by atoms with E-state index in [0.29, 0.717) is 38.0 Å². The van der Waals surface area contributed by atoms with Gasteiger partial charge in [-0.3, -0.25) is 0 Å². The van der Waals surface area contributed by atoms with Gasteiger partial charge in [0.25, 0.3) is 0 Å². The Hall–Kier alpha value is -3.10. The molecule has 3 aromatic rings. The van der Waals surface area contributed by atoms with Crippen molar-refractivity contribution in [3.05, 3.63) is 71.8 Å². The van der Waals surface area contributed by atoms with Gasteiger partial charge < -0.3 is 15.0 Å². The molecule has 1 fully saturated rings. The molecular weight excluding hydrogens is 462 g/mol. The fraction of sp³-hybridized carbons (Fsp3) is 0.370. The largest absolute Gasteiger partial charge is 0.450 e. The molecular formula is C27H33N3O4S. The summed E-state index contributed by atoms with van der Waals surface area (Å²) in [5.41, 5.74) is 3.29. The minimum Gasteiger partial charge on any atom is -0.450 e. The molecule has 0 saturated carbocycles. The van der Waals surface area contributed by atoms with Gasteiger partial charge in [0.15, 0.2) is 0 Å². The third-order valence-corrected chi connectivity index (χ3v) is 8.19. The zero-order valence-electron chi connectivity index (χ0n) is 20.5. The Morgan fingerprint density at radius 1 is 1.06 bits per heavy atom. The standard InChI is InChI=1S/C27H33N3O4S/c1-4-34-27(31)30-16-15-24(20(3)18-30)29-35(32,33)26-14-13-25(22-11-7-8-12-23(22)26)28-17-21-10-6-5-9-19(21)2/h5-14,20,24,28-29H,4,15-18H2,1-3H3/t20-,24-/m0/s1. The number of ether oxygens (including phenoxy) is 1. The van der Waals surface area contributed by atoms with Crippen molar-refractivity contribution in [1.82, 2.24) is 9.62 Å². The zero-order chi connectivity index (χ0) is 25.0. The molecule has 8 heteroatoms. The summed E-state index contributed by atoms with van der Waals surface area (Å²) in [5, 5.41) is 5.00. The number of piperidine rings is 1. The maximum Gasteiger partial charge on any atom is 0.409 e. The number of anilines is 1. The van der Waals surface area contributed by atoms with Crippen LogP contribution >= 0.6 is 0 Å². The number of hydrogen-bond donors (Lipinski definition) is 2. The van der Waals surface area contributed by atoms with Gasteiger partial charge in [0.1, 0.15) is 0 Å². The van der Waals surface area contributed by atoms with E-state index in [1.54, 1.807) is 17.9 Å². The van der Waals surface area contributed by atoms with E-state index in [2.05, 4.69) is 29.1 Å². The zero-order valence-corrected chi connectivity index (χ0v) is 21.3. The molecule has 1 aliphatic heterocycles. The highest BCUT2D eigenvalue weighted by molar-refractivity contribution is 7.89. The molecule has 0 bridgehead atoms. The summed E-state index contributed by atoms with van der Waals surface area (Å²) in [6, 6.07) is 19.0. The average molecular weight is 496 g/mol. The summed E-state index contributed by atoms with van der Waals surface area (Å²) >= 11 is 0. The van der Waals surface area contributed by atoms with Crippen LogP contribution in [0, 0.1) is 12.8 Å². The summed E-state index contributed by atoms with van der Waals surface area (Å²) in [6.07, 6.45) is 0.188. The van der Waals surface area contributed by atoms with Gasteiger partial charge in [-0.05, 0) is 49.4 Å². The maximum absolute atomic E-state index is 13.5. The van der Waals surface area contributed by atoms with Crippen LogP contribution in [-0.4, -0.2) is 45.1 Å². The van der Waals surface area contributed by atoms with Crippen molar-refractivity contribution in [2.75, 3.05) is 25.0 Å². The van der Waals surface area contributed by atoms with Crippen molar-refractivity contribution in [1.29, 1.82) is 0 Å². The fourth-order valence-corrected chi connectivity index (χ4v) is 6.21. The molecule has 0 aliphatic carbocycles. The summed E-state index contributed by atoms with van der Waals surface area (Å²) in [4.78, 5) is 14.0. The first-order valence-corrected chi connectivity index (χ1v) is 13.5. The second kappa shape index (κ2) is 10.7. The van der Waals surface area contributed by atoms with Crippen LogP contribution in [0.1, 0.15) is 31.4 Å². The van der Waals surface area contributed by atoms with Gasteiger partial charge in [-0.2, -0.15) is 0 Å². The molecule has 0 unspecified atom stereocenters. The molecule has 0 spiro atoms. The molecule has 1 heterocycles. The van der Waals surface area contributed by atoms with Crippen LogP contribution in [0.3, 0.4) is 0 Å². The predicted octanol–water partition coefficient (Wildman–Crippen LogP) is 4.91. The molecule has 4 rings (SSSR count). The minimum atomic E-state index is -3.77. The van der Waals surface area contributed by atoms with E-state index in [9.17, 15) is 13.2 Å². The van der Waals surface area contributed by atoms with Crippen molar-refractivity contribution >= 4 is 32.6 Å². The number of aryl methyl sites for hydroxylation is 1. The molecule has 35 heavy (non-hydrogen) atoms. The van der Waals surface area contributed by atoms with Gasteiger partial charge >= 0.3 is 6.09 Å². The van der Waals surface area contributed by atoms with Crippen LogP contribution < -0.4 is 10.0 Å². The summed E-state index contributed by atoms with van der Waals surface area (Å²) in [7, 11) is -3.77. The van der Waals surface area contributed by atoms with Gasteiger partial charge in [0.2, 0.25) is 10.0 Å². The second-order valence-corrected chi connectivity index (χ2v) is 10.8. The van der Waals surface area contributed by atoms with E-state index in [1.807, 2.05) is 49.4 Å². The number of benzene rings is 3. The Morgan fingerprint density at radius 2 is 1.77 bits per heavy atom. The third kappa shape index (κ3) is 5.60. The number of rotatable bonds is 7. The average Bonchev–Trinajstić information content (AvgIpc) is 2.84. The van der Waals surface area contributed by atoms with Crippen LogP contribution in [0.2, 0.25) is 0 Å². The van der Waals surface area contributed by atoms with Crippen molar-refractivity contribution in [2.24, 2.45) is 5.92 Å². The predicted molar refractivity (Wildman–Crippen MR) is 139 cm³/mol. The Kier molecular flexibility index (Phi) is 7.62. The molecule has 1 amide bonds. The van der Waals surface area contributed by atoms with Crippen molar-refractivity contribution in [3.8, 4) is 0 Å². The molecule has 2 N–H and O–H groups in total. The molecule has 186 valence electrons. The Balaban J connectivity index is 1.54. The highest BCUT2D eigenvalue weighted by atomic mass is 32.2. The van der Waals surface area contributed by atoms with E-state index in [-0.39, 0.29) is 22.9 Å². The van der Waals surface area contributed by atoms with Gasteiger partial charge in [0, 0.05) is 42.1 Å². The van der Waals surface area contributed by atoms with Crippen molar-refractivity contribution < 1.29 is 17.9 Å². The number of nitrogens with one attached hydrogen (secondary N) is 2. The number of nitrogens with zero attached hydrogens (tertiary/aromatic N) is 1. The first-order valence-electron chi connectivity index (χ1n) is 12.0. The van der Waals surface area contributed by atoms with Crippen LogP contribution in [0.15, 0.2) is 65.6 Å². The summed E-state index contributed by atoms with van der Waals surface area (Å²) in [5.74, 6) is -0.0377. The number of fused-ring (bicyclic) bond motifs is 1.